The lowest BCUT2D eigenvalue weighted by Crippen LogP contribution is -2.37. The number of amides is 1. The second-order valence-corrected chi connectivity index (χ2v) is 4.34. The quantitative estimate of drug-likeness (QED) is 0.359. The first-order valence-corrected chi connectivity index (χ1v) is 6.76. The van der Waals surface area contributed by atoms with Crippen molar-refractivity contribution in [1.82, 2.24) is 10.6 Å². The Morgan fingerprint density at radius 2 is 1.89 bits per heavy atom. The van der Waals surface area contributed by atoms with E-state index in [1.54, 1.807) is 7.11 Å². The summed E-state index contributed by atoms with van der Waals surface area (Å²) >= 11 is 8.98. The second kappa shape index (κ2) is 8.60. The molecule has 0 heterocycles. The molecule has 0 saturated heterocycles. The molecule has 0 unspecified atom stereocenters. The third-order valence-corrected chi connectivity index (χ3v) is 2.76. The molecular weight excluding hydrogens is 282 g/mol. The number of thiocarbonyl (C=S) groups is 1. The van der Waals surface area contributed by atoms with Gasteiger partial charge in [0.1, 0.15) is 5.75 Å². The molecule has 0 aliphatic heterocycles. The van der Waals surface area contributed by atoms with Crippen LogP contribution >= 0.6 is 24.8 Å². The van der Waals surface area contributed by atoms with E-state index in [4.69, 9.17) is 17.0 Å². The molecule has 1 amide bonds. The summed E-state index contributed by atoms with van der Waals surface area (Å²) in [4.78, 5) is 10.9. The van der Waals surface area contributed by atoms with Gasteiger partial charge in [0, 0.05) is 18.8 Å². The molecule has 1 aromatic carbocycles. The summed E-state index contributed by atoms with van der Waals surface area (Å²) in [5.41, 5.74) is 0.873. The number of thiol groups is 1. The fraction of sp³-hybridized carbons (Fsp3) is 0.333. The van der Waals surface area contributed by atoms with Gasteiger partial charge in [-0.05, 0) is 36.5 Å². The molecule has 0 aliphatic carbocycles. The summed E-state index contributed by atoms with van der Waals surface area (Å²) in [5, 5.41) is 9.21. The van der Waals surface area contributed by atoms with Crippen LogP contribution in [0.1, 0.15) is 0 Å². The van der Waals surface area contributed by atoms with Crippen molar-refractivity contribution in [2.45, 2.75) is 0 Å². The average molecular weight is 299 g/mol. The Balaban J connectivity index is 2.25. The Labute approximate surface area is 123 Å². The summed E-state index contributed by atoms with van der Waals surface area (Å²) in [5.74, 6) is 0.882. The highest BCUT2D eigenvalue weighted by atomic mass is 32.1. The molecule has 1 aromatic rings. The van der Waals surface area contributed by atoms with Crippen molar-refractivity contribution in [3.63, 3.8) is 0 Å². The summed E-state index contributed by atoms with van der Waals surface area (Å²) in [6.45, 7) is 1.06. The predicted octanol–water partition coefficient (Wildman–Crippen LogP) is 1.03. The van der Waals surface area contributed by atoms with Gasteiger partial charge in [-0.15, -0.1) is 0 Å². The van der Waals surface area contributed by atoms with Crippen LogP contribution in [-0.2, 0) is 4.79 Å². The van der Waals surface area contributed by atoms with Gasteiger partial charge in [0.15, 0.2) is 5.11 Å². The molecule has 0 atom stereocenters. The largest absolute Gasteiger partial charge is 0.497 e. The summed E-state index contributed by atoms with van der Waals surface area (Å²) in [6.07, 6.45) is 0. The maximum atomic E-state index is 10.9. The second-order valence-electron chi connectivity index (χ2n) is 3.62. The van der Waals surface area contributed by atoms with Crippen LogP contribution in [0.5, 0.6) is 5.75 Å². The Morgan fingerprint density at radius 3 is 2.47 bits per heavy atom. The Hall–Kier alpha value is -1.47. The minimum absolute atomic E-state index is 0.0980. The summed E-state index contributed by atoms with van der Waals surface area (Å²) in [7, 11) is 1.62. The van der Waals surface area contributed by atoms with Gasteiger partial charge in [-0.1, -0.05) is 0 Å². The number of ether oxygens (including phenoxy) is 1. The Morgan fingerprint density at radius 1 is 1.26 bits per heavy atom. The van der Waals surface area contributed by atoms with E-state index in [0.29, 0.717) is 18.2 Å². The Bertz CT molecular complexity index is 423. The molecule has 0 bridgehead atoms. The van der Waals surface area contributed by atoms with Crippen LogP contribution in [0.4, 0.5) is 5.69 Å². The molecule has 104 valence electrons. The standard InChI is InChI=1S/C12H17N3O2S2/c1-17-10-4-2-9(3-5-10)15-12(19)14-7-6-13-11(16)8-18/h2-5,18H,6-8H2,1H3,(H,13,16)(H2,14,15,19). The highest BCUT2D eigenvalue weighted by molar-refractivity contribution is 7.81. The van der Waals surface area contributed by atoms with E-state index in [1.165, 1.54) is 0 Å². The summed E-state index contributed by atoms with van der Waals surface area (Å²) in [6, 6.07) is 7.43. The van der Waals surface area contributed by atoms with E-state index in [0.717, 1.165) is 11.4 Å². The molecule has 0 fully saturated rings. The van der Waals surface area contributed by atoms with Crippen LogP contribution in [0.25, 0.3) is 0 Å². The number of hydrogen-bond donors (Lipinski definition) is 4. The number of carbonyl (C=O) groups excluding carboxylic acids is 1. The van der Waals surface area contributed by atoms with Crippen molar-refractivity contribution in [3.05, 3.63) is 24.3 Å². The lowest BCUT2D eigenvalue weighted by atomic mass is 10.3. The van der Waals surface area contributed by atoms with Crippen molar-refractivity contribution in [2.24, 2.45) is 0 Å². The molecule has 1 rings (SSSR count). The lowest BCUT2D eigenvalue weighted by molar-refractivity contribution is -0.118. The molecule has 7 heteroatoms. The highest BCUT2D eigenvalue weighted by Crippen LogP contribution is 2.14. The van der Waals surface area contributed by atoms with E-state index < -0.39 is 0 Å². The maximum Gasteiger partial charge on any atom is 0.229 e. The molecule has 0 aromatic heterocycles. The predicted molar refractivity (Wildman–Crippen MR) is 84.1 cm³/mol. The van der Waals surface area contributed by atoms with Crippen molar-refractivity contribution >= 4 is 41.6 Å². The van der Waals surface area contributed by atoms with Crippen molar-refractivity contribution in [2.75, 3.05) is 31.3 Å². The minimum atomic E-state index is -0.0980. The van der Waals surface area contributed by atoms with Crippen LogP contribution in [0, 0.1) is 0 Å². The average Bonchev–Trinajstić information content (AvgIpc) is 2.44. The van der Waals surface area contributed by atoms with Crippen LogP contribution < -0.4 is 20.7 Å². The normalized spacial score (nSPS) is 9.58. The van der Waals surface area contributed by atoms with E-state index >= 15 is 0 Å². The SMILES string of the molecule is COc1ccc(NC(=S)NCCNC(=O)CS)cc1. The first kappa shape index (κ1) is 15.6. The van der Waals surface area contributed by atoms with Gasteiger partial charge in [-0.25, -0.2) is 0 Å². The Kier molecular flexibility index (Phi) is 7.06. The van der Waals surface area contributed by atoms with Gasteiger partial charge in [-0.2, -0.15) is 12.6 Å². The molecule has 0 spiro atoms. The minimum Gasteiger partial charge on any atom is -0.497 e. The molecule has 0 aliphatic rings. The smallest absolute Gasteiger partial charge is 0.229 e. The van der Waals surface area contributed by atoms with Crippen molar-refractivity contribution < 1.29 is 9.53 Å². The lowest BCUT2D eigenvalue weighted by Gasteiger charge is -2.11. The first-order chi connectivity index (χ1) is 9.15. The van der Waals surface area contributed by atoms with Gasteiger partial charge in [0.2, 0.25) is 5.91 Å². The monoisotopic (exact) mass is 299 g/mol. The molecular formula is C12H17N3O2S2. The number of methoxy groups -OCH3 is 1. The van der Waals surface area contributed by atoms with E-state index in [-0.39, 0.29) is 11.7 Å². The summed E-state index contributed by atoms with van der Waals surface area (Å²) < 4.78 is 5.06. The zero-order valence-corrected chi connectivity index (χ0v) is 12.3. The number of nitrogens with one attached hydrogen (secondary N) is 3. The number of rotatable bonds is 6. The van der Waals surface area contributed by atoms with E-state index in [2.05, 4.69) is 28.6 Å². The number of hydrogen-bond acceptors (Lipinski definition) is 4. The molecule has 19 heavy (non-hydrogen) atoms. The third kappa shape index (κ3) is 6.30. The van der Waals surface area contributed by atoms with E-state index in [1.807, 2.05) is 24.3 Å². The van der Waals surface area contributed by atoms with Crippen LogP contribution in [0.3, 0.4) is 0 Å². The molecule has 0 radical (unpaired) electrons. The first-order valence-electron chi connectivity index (χ1n) is 5.72. The molecule has 3 N–H and O–H groups in total. The van der Waals surface area contributed by atoms with E-state index in [9.17, 15) is 4.79 Å². The number of carbonyl (C=O) groups is 1. The highest BCUT2D eigenvalue weighted by Gasteiger charge is 1.99. The van der Waals surface area contributed by atoms with Crippen LogP contribution in [0.15, 0.2) is 24.3 Å². The zero-order chi connectivity index (χ0) is 14.1. The fourth-order valence-corrected chi connectivity index (χ4v) is 1.62. The van der Waals surface area contributed by atoms with Gasteiger partial charge in [0.05, 0.1) is 12.9 Å². The zero-order valence-electron chi connectivity index (χ0n) is 10.6. The van der Waals surface area contributed by atoms with Gasteiger partial charge in [-0.3, -0.25) is 4.79 Å². The molecule has 0 saturated carbocycles. The van der Waals surface area contributed by atoms with Gasteiger partial charge >= 0.3 is 0 Å². The van der Waals surface area contributed by atoms with Crippen molar-refractivity contribution in [1.29, 1.82) is 0 Å². The van der Waals surface area contributed by atoms with Gasteiger partial charge < -0.3 is 20.7 Å². The molecule has 5 nitrogen and oxygen atoms in total. The van der Waals surface area contributed by atoms with Crippen molar-refractivity contribution in [3.8, 4) is 5.75 Å². The maximum absolute atomic E-state index is 10.9. The number of benzene rings is 1. The van der Waals surface area contributed by atoms with Crippen LogP contribution in [-0.4, -0.2) is 37.0 Å². The number of anilines is 1. The van der Waals surface area contributed by atoms with Crippen LogP contribution in [0.2, 0.25) is 0 Å². The van der Waals surface area contributed by atoms with Gasteiger partial charge in [0.25, 0.3) is 0 Å². The third-order valence-electron chi connectivity index (χ3n) is 2.22. The fourth-order valence-electron chi connectivity index (χ4n) is 1.28. The topological polar surface area (TPSA) is 62.4 Å².